The minimum absolute atomic E-state index is 0.226. The summed E-state index contributed by atoms with van der Waals surface area (Å²) in [6, 6.07) is 6.44. The molecule has 1 aliphatic heterocycles. The molecule has 3 heterocycles. The normalized spacial score (nSPS) is 19.5. The SMILES string of the molecule is CC(C)c1cnc2nn(-c3cc(NC(=O)C4(C)CCCO4)ccc3F)cc2c1. The van der Waals surface area contributed by atoms with Crippen molar-refractivity contribution in [2.45, 2.75) is 45.1 Å². The van der Waals surface area contributed by atoms with Gasteiger partial charge in [0, 0.05) is 30.1 Å². The number of anilines is 1. The molecular formula is C21H23FN4O2. The van der Waals surface area contributed by atoms with E-state index in [1.807, 2.05) is 6.07 Å². The van der Waals surface area contributed by atoms with Gasteiger partial charge in [0.25, 0.3) is 5.91 Å². The van der Waals surface area contributed by atoms with E-state index in [4.69, 9.17) is 4.74 Å². The number of amides is 1. The first kappa shape index (κ1) is 18.6. The lowest BCUT2D eigenvalue weighted by Gasteiger charge is -2.22. The number of ether oxygens (including phenoxy) is 1. The molecule has 1 atom stereocenters. The molecule has 4 rings (SSSR count). The average Bonchev–Trinajstić information content (AvgIpc) is 3.29. The van der Waals surface area contributed by atoms with E-state index in [0.717, 1.165) is 17.4 Å². The lowest BCUT2D eigenvalue weighted by atomic mass is 10.0. The average molecular weight is 382 g/mol. The van der Waals surface area contributed by atoms with Gasteiger partial charge in [-0.2, -0.15) is 0 Å². The Hall–Kier alpha value is -2.80. The van der Waals surface area contributed by atoms with Gasteiger partial charge in [-0.3, -0.25) is 4.79 Å². The highest BCUT2D eigenvalue weighted by atomic mass is 19.1. The van der Waals surface area contributed by atoms with Gasteiger partial charge in [0.05, 0.1) is 0 Å². The van der Waals surface area contributed by atoms with Gasteiger partial charge < -0.3 is 10.1 Å². The van der Waals surface area contributed by atoms with Crippen molar-refractivity contribution in [3.63, 3.8) is 0 Å². The van der Waals surface area contributed by atoms with Gasteiger partial charge in [-0.05, 0) is 55.5 Å². The number of aromatic nitrogens is 3. The number of pyridine rings is 1. The van der Waals surface area contributed by atoms with Crippen LogP contribution < -0.4 is 5.32 Å². The molecule has 146 valence electrons. The molecule has 0 bridgehead atoms. The number of hydrogen-bond donors (Lipinski definition) is 1. The zero-order valence-electron chi connectivity index (χ0n) is 16.2. The third-order valence-electron chi connectivity index (χ3n) is 5.20. The monoisotopic (exact) mass is 382 g/mol. The molecule has 0 aliphatic carbocycles. The molecular weight excluding hydrogens is 359 g/mol. The first-order chi connectivity index (χ1) is 13.4. The second-order valence-corrected chi connectivity index (χ2v) is 7.71. The van der Waals surface area contributed by atoms with Crippen LogP contribution in [0.3, 0.4) is 0 Å². The van der Waals surface area contributed by atoms with Crippen LogP contribution in [0.5, 0.6) is 0 Å². The van der Waals surface area contributed by atoms with Gasteiger partial charge in [0.15, 0.2) is 5.65 Å². The summed E-state index contributed by atoms with van der Waals surface area (Å²) in [6.45, 7) is 6.53. The summed E-state index contributed by atoms with van der Waals surface area (Å²) < 4.78 is 21.5. The second-order valence-electron chi connectivity index (χ2n) is 7.71. The van der Waals surface area contributed by atoms with Crippen LogP contribution in [0, 0.1) is 5.82 Å². The lowest BCUT2D eigenvalue weighted by Crippen LogP contribution is -2.39. The third kappa shape index (κ3) is 3.38. The quantitative estimate of drug-likeness (QED) is 0.735. The van der Waals surface area contributed by atoms with Crippen LogP contribution in [0.15, 0.2) is 36.7 Å². The molecule has 0 spiro atoms. The predicted molar refractivity (Wildman–Crippen MR) is 105 cm³/mol. The van der Waals surface area contributed by atoms with E-state index in [-0.39, 0.29) is 11.6 Å². The number of hydrogen-bond acceptors (Lipinski definition) is 4. The van der Waals surface area contributed by atoms with E-state index >= 15 is 0 Å². The molecule has 1 aromatic carbocycles. The standard InChI is InChI=1S/C21H23FN4O2/c1-13(2)14-9-15-12-26(25-19(15)23-11-14)18-10-16(5-6-17(18)22)24-20(27)21(3)7-4-8-28-21/h5-6,9-13H,4,7-8H2,1-3H3,(H,24,27). The highest BCUT2D eigenvalue weighted by Crippen LogP contribution is 2.28. The summed E-state index contributed by atoms with van der Waals surface area (Å²) in [4.78, 5) is 16.9. The molecule has 28 heavy (non-hydrogen) atoms. The summed E-state index contributed by atoms with van der Waals surface area (Å²) >= 11 is 0. The summed E-state index contributed by atoms with van der Waals surface area (Å²) in [5.74, 6) is -0.315. The van der Waals surface area contributed by atoms with Gasteiger partial charge in [0.2, 0.25) is 0 Å². The summed E-state index contributed by atoms with van der Waals surface area (Å²) in [5.41, 5.74) is 1.54. The van der Waals surface area contributed by atoms with E-state index in [1.54, 1.807) is 25.4 Å². The van der Waals surface area contributed by atoms with E-state index < -0.39 is 11.4 Å². The van der Waals surface area contributed by atoms with Crippen molar-refractivity contribution in [2.75, 3.05) is 11.9 Å². The minimum atomic E-state index is -0.841. The second kappa shape index (κ2) is 6.98. The zero-order valence-corrected chi connectivity index (χ0v) is 16.2. The van der Waals surface area contributed by atoms with Crippen molar-refractivity contribution in [1.29, 1.82) is 0 Å². The summed E-state index contributed by atoms with van der Waals surface area (Å²) in [5, 5.41) is 8.06. The molecule has 1 N–H and O–H groups in total. The number of fused-ring (bicyclic) bond motifs is 1. The van der Waals surface area contributed by atoms with Crippen molar-refractivity contribution < 1.29 is 13.9 Å². The molecule has 6 nitrogen and oxygen atoms in total. The Morgan fingerprint density at radius 2 is 2.18 bits per heavy atom. The smallest absolute Gasteiger partial charge is 0.256 e. The Labute approximate surface area is 162 Å². The molecule has 1 fully saturated rings. The van der Waals surface area contributed by atoms with Gasteiger partial charge in [-0.15, -0.1) is 5.10 Å². The molecule has 1 saturated heterocycles. The Kier molecular flexibility index (Phi) is 4.63. The van der Waals surface area contributed by atoms with Gasteiger partial charge >= 0.3 is 0 Å². The highest BCUT2D eigenvalue weighted by Gasteiger charge is 2.37. The van der Waals surface area contributed by atoms with E-state index in [1.165, 1.54) is 16.8 Å². The Balaban J connectivity index is 1.65. The number of carbonyl (C=O) groups is 1. The summed E-state index contributed by atoms with van der Waals surface area (Å²) in [7, 11) is 0. The number of carbonyl (C=O) groups excluding carboxylic acids is 1. The summed E-state index contributed by atoms with van der Waals surface area (Å²) in [6.07, 6.45) is 5.06. The molecule has 0 radical (unpaired) electrons. The third-order valence-corrected chi connectivity index (χ3v) is 5.20. The number of nitrogens with zero attached hydrogens (tertiary/aromatic N) is 3. The topological polar surface area (TPSA) is 69.0 Å². The molecule has 1 unspecified atom stereocenters. The number of halogens is 1. The van der Waals surface area contributed by atoms with Crippen LogP contribution in [0.4, 0.5) is 10.1 Å². The first-order valence-corrected chi connectivity index (χ1v) is 9.46. The maximum atomic E-state index is 14.5. The highest BCUT2D eigenvalue weighted by molar-refractivity contribution is 5.97. The van der Waals surface area contributed by atoms with Crippen molar-refractivity contribution in [2.24, 2.45) is 0 Å². The number of nitrogens with one attached hydrogen (secondary N) is 1. The van der Waals surface area contributed by atoms with Gasteiger partial charge in [-0.25, -0.2) is 14.1 Å². The van der Waals surface area contributed by atoms with E-state index in [0.29, 0.717) is 30.3 Å². The van der Waals surface area contributed by atoms with Crippen LogP contribution in [0.2, 0.25) is 0 Å². The predicted octanol–water partition coefficient (Wildman–Crippen LogP) is 4.19. The maximum absolute atomic E-state index is 14.5. The van der Waals surface area contributed by atoms with Crippen LogP contribution in [-0.4, -0.2) is 32.9 Å². The van der Waals surface area contributed by atoms with Crippen molar-refractivity contribution in [3.8, 4) is 5.69 Å². The fourth-order valence-corrected chi connectivity index (χ4v) is 3.36. The van der Waals surface area contributed by atoms with Crippen LogP contribution in [-0.2, 0) is 9.53 Å². The minimum Gasteiger partial charge on any atom is -0.365 e. The lowest BCUT2D eigenvalue weighted by molar-refractivity contribution is -0.133. The molecule has 2 aromatic heterocycles. The number of benzene rings is 1. The molecule has 3 aromatic rings. The van der Waals surface area contributed by atoms with Crippen molar-refractivity contribution in [3.05, 3.63) is 48.0 Å². The van der Waals surface area contributed by atoms with Crippen LogP contribution in [0.1, 0.15) is 45.1 Å². The molecule has 7 heteroatoms. The zero-order chi connectivity index (χ0) is 19.9. The van der Waals surface area contributed by atoms with Crippen LogP contribution in [0.25, 0.3) is 16.7 Å². The molecule has 0 saturated carbocycles. The van der Waals surface area contributed by atoms with E-state index in [9.17, 15) is 9.18 Å². The van der Waals surface area contributed by atoms with E-state index in [2.05, 4.69) is 29.2 Å². The van der Waals surface area contributed by atoms with Crippen molar-refractivity contribution >= 4 is 22.6 Å². The van der Waals surface area contributed by atoms with Gasteiger partial charge in [0.1, 0.15) is 17.1 Å². The Morgan fingerprint density at radius 3 is 2.89 bits per heavy atom. The Bertz CT molecular complexity index is 1040. The molecule has 1 amide bonds. The first-order valence-electron chi connectivity index (χ1n) is 9.46. The fraction of sp³-hybridized carbons (Fsp3) is 0.381. The largest absolute Gasteiger partial charge is 0.365 e. The van der Waals surface area contributed by atoms with Crippen molar-refractivity contribution in [1.82, 2.24) is 14.8 Å². The number of rotatable bonds is 4. The maximum Gasteiger partial charge on any atom is 0.256 e. The van der Waals surface area contributed by atoms with Crippen LogP contribution >= 0.6 is 0 Å². The fourth-order valence-electron chi connectivity index (χ4n) is 3.36. The Morgan fingerprint density at radius 1 is 1.36 bits per heavy atom. The molecule has 1 aliphatic rings. The van der Waals surface area contributed by atoms with Gasteiger partial charge in [-0.1, -0.05) is 13.8 Å².